The van der Waals surface area contributed by atoms with Gasteiger partial charge in [-0.15, -0.1) is 0 Å². The van der Waals surface area contributed by atoms with Crippen LogP contribution < -0.4 is 5.32 Å². The Balaban J connectivity index is 2.41. The zero-order valence-electron chi connectivity index (χ0n) is 11.3. The number of benzene rings is 1. The molecule has 6 nitrogen and oxygen atoms in total. The third-order valence-electron chi connectivity index (χ3n) is 2.35. The molecule has 22 heavy (non-hydrogen) atoms. The van der Waals surface area contributed by atoms with Crippen molar-refractivity contribution in [2.75, 3.05) is 13.2 Å². The summed E-state index contributed by atoms with van der Waals surface area (Å²) in [5.41, 5.74) is 0.679. The van der Waals surface area contributed by atoms with Crippen molar-refractivity contribution in [3.8, 4) is 0 Å². The first kappa shape index (κ1) is 17.8. The number of halogens is 3. The summed E-state index contributed by atoms with van der Waals surface area (Å²) in [4.78, 5) is 22.7. The van der Waals surface area contributed by atoms with E-state index in [-0.39, 0.29) is 6.61 Å². The molecule has 2 N–H and O–H groups in total. The van der Waals surface area contributed by atoms with E-state index >= 15 is 0 Å². The van der Waals surface area contributed by atoms with Crippen LogP contribution in [-0.2, 0) is 20.9 Å². The predicted octanol–water partition coefficient (Wildman–Crippen LogP) is 1.38. The number of alkyl halides is 3. The Hall–Kier alpha value is -2.29. The topological polar surface area (TPSA) is 84.9 Å². The molecule has 1 atom stereocenters. The monoisotopic (exact) mass is 321 g/mol. The number of alkyl carbamates (subject to hydrolysis) is 1. The lowest BCUT2D eigenvalue weighted by Gasteiger charge is -2.16. The number of nitrogens with one attached hydrogen (secondary N) is 1. The number of aliphatic hydroxyl groups is 1. The van der Waals surface area contributed by atoms with E-state index in [0.29, 0.717) is 5.56 Å². The maximum absolute atomic E-state index is 11.9. The summed E-state index contributed by atoms with van der Waals surface area (Å²) in [7, 11) is 0. The number of hydrogen-bond donors (Lipinski definition) is 2. The van der Waals surface area contributed by atoms with Gasteiger partial charge in [-0.2, -0.15) is 13.2 Å². The Labute approximate surface area is 123 Å². The molecule has 0 fully saturated rings. The third-order valence-corrected chi connectivity index (χ3v) is 2.35. The molecule has 0 saturated heterocycles. The van der Waals surface area contributed by atoms with E-state index in [0.717, 1.165) is 0 Å². The molecular formula is C13H14F3NO5. The van der Waals surface area contributed by atoms with Gasteiger partial charge in [0.15, 0.2) is 12.6 Å². The van der Waals surface area contributed by atoms with E-state index in [1.165, 1.54) is 0 Å². The van der Waals surface area contributed by atoms with Gasteiger partial charge in [-0.3, -0.25) is 0 Å². The minimum absolute atomic E-state index is 0.0948. The van der Waals surface area contributed by atoms with Crippen LogP contribution in [0.25, 0.3) is 0 Å². The van der Waals surface area contributed by atoms with Crippen LogP contribution in [0.1, 0.15) is 5.56 Å². The highest BCUT2D eigenvalue weighted by Crippen LogP contribution is 2.14. The van der Waals surface area contributed by atoms with Crippen molar-refractivity contribution in [2.24, 2.45) is 0 Å². The number of ether oxygens (including phenoxy) is 2. The van der Waals surface area contributed by atoms with Gasteiger partial charge in [-0.05, 0) is 5.56 Å². The molecular weight excluding hydrogens is 307 g/mol. The second-order valence-electron chi connectivity index (χ2n) is 4.16. The molecule has 1 rings (SSSR count). The van der Waals surface area contributed by atoms with E-state index in [9.17, 15) is 22.8 Å². The quantitative estimate of drug-likeness (QED) is 0.773. The summed E-state index contributed by atoms with van der Waals surface area (Å²) < 4.78 is 44.4. The van der Waals surface area contributed by atoms with Crippen molar-refractivity contribution in [1.29, 1.82) is 0 Å². The highest BCUT2D eigenvalue weighted by molar-refractivity contribution is 5.81. The fourth-order valence-corrected chi connectivity index (χ4v) is 1.34. The van der Waals surface area contributed by atoms with Gasteiger partial charge in [0.2, 0.25) is 0 Å². The first-order valence-electron chi connectivity index (χ1n) is 6.13. The summed E-state index contributed by atoms with van der Waals surface area (Å²) in [6, 6.07) is 6.96. The SMILES string of the molecule is O=C(N[C@@H](CO)C(=O)OCC(F)(F)F)OCc1ccccc1. The lowest BCUT2D eigenvalue weighted by Crippen LogP contribution is -2.45. The minimum Gasteiger partial charge on any atom is -0.454 e. The zero-order chi connectivity index (χ0) is 16.6. The fourth-order valence-electron chi connectivity index (χ4n) is 1.34. The lowest BCUT2D eigenvalue weighted by molar-refractivity contribution is -0.188. The molecule has 1 amide bonds. The van der Waals surface area contributed by atoms with Crippen LogP contribution in [0, 0.1) is 0 Å². The Bertz CT molecular complexity index is 492. The molecule has 0 aliphatic heterocycles. The van der Waals surface area contributed by atoms with E-state index in [2.05, 4.69) is 4.74 Å². The molecule has 0 bridgehead atoms. The van der Waals surface area contributed by atoms with E-state index in [4.69, 9.17) is 9.84 Å². The van der Waals surface area contributed by atoms with Crippen molar-refractivity contribution < 1.29 is 37.3 Å². The third kappa shape index (κ3) is 6.93. The van der Waals surface area contributed by atoms with Gasteiger partial charge in [0.25, 0.3) is 0 Å². The van der Waals surface area contributed by atoms with Gasteiger partial charge in [-0.25, -0.2) is 9.59 Å². The fraction of sp³-hybridized carbons (Fsp3) is 0.385. The number of carbonyl (C=O) groups is 2. The Morgan fingerprint density at radius 2 is 1.82 bits per heavy atom. The van der Waals surface area contributed by atoms with Gasteiger partial charge in [-0.1, -0.05) is 30.3 Å². The van der Waals surface area contributed by atoms with Gasteiger partial charge in [0.1, 0.15) is 6.61 Å². The van der Waals surface area contributed by atoms with Crippen LogP contribution in [0.15, 0.2) is 30.3 Å². The van der Waals surface area contributed by atoms with Crippen molar-refractivity contribution in [3.05, 3.63) is 35.9 Å². The van der Waals surface area contributed by atoms with Crippen LogP contribution >= 0.6 is 0 Å². The zero-order valence-corrected chi connectivity index (χ0v) is 11.3. The number of carbonyl (C=O) groups excluding carboxylic acids is 2. The standard InChI is InChI=1S/C13H14F3NO5/c14-13(15,16)8-22-11(19)10(6-18)17-12(20)21-7-9-4-2-1-3-5-9/h1-5,10,18H,6-8H2,(H,17,20)/t10-/m0/s1. The first-order valence-corrected chi connectivity index (χ1v) is 6.13. The smallest absolute Gasteiger partial charge is 0.422 e. The van der Waals surface area contributed by atoms with Crippen LogP contribution in [0.3, 0.4) is 0 Å². The van der Waals surface area contributed by atoms with Crippen LogP contribution in [0.5, 0.6) is 0 Å². The van der Waals surface area contributed by atoms with E-state index < -0.39 is 37.5 Å². The molecule has 1 aromatic rings. The van der Waals surface area contributed by atoms with Gasteiger partial charge >= 0.3 is 18.2 Å². The number of amides is 1. The van der Waals surface area contributed by atoms with E-state index in [1.807, 2.05) is 5.32 Å². The van der Waals surface area contributed by atoms with Crippen molar-refractivity contribution >= 4 is 12.1 Å². The highest BCUT2D eigenvalue weighted by atomic mass is 19.4. The molecule has 0 unspecified atom stereocenters. The van der Waals surface area contributed by atoms with Crippen molar-refractivity contribution in [1.82, 2.24) is 5.32 Å². The summed E-state index contributed by atoms with van der Waals surface area (Å²) >= 11 is 0. The second-order valence-corrected chi connectivity index (χ2v) is 4.16. The summed E-state index contributed by atoms with van der Waals surface area (Å²) in [5, 5.41) is 10.8. The number of hydrogen-bond acceptors (Lipinski definition) is 5. The van der Waals surface area contributed by atoms with Gasteiger partial charge < -0.3 is 19.9 Å². The molecule has 122 valence electrons. The Morgan fingerprint density at radius 3 is 2.36 bits per heavy atom. The van der Waals surface area contributed by atoms with Crippen LogP contribution in [-0.4, -0.2) is 42.6 Å². The predicted molar refractivity (Wildman–Crippen MR) is 67.7 cm³/mol. The average Bonchev–Trinajstić information content (AvgIpc) is 2.48. The maximum Gasteiger partial charge on any atom is 0.422 e. The minimum atomic E-state index is -4.69. The maximum atomic E-state index is 11.9. The average molecular weight is 321 g/mol. The number of rotatable bonds is 6. The van der Waals surface area contributed by atoms with E-state index in [1.54, 1.807) is 30.3 Å². The molecule has 0 aliphatic carbocycles. The molecule has 0 saturated carbocycles. The molecule has 0 aromatic heterocycles. The van der Waals surface area contributed by atoms with Gasteiger partial charge in [0.05, 0.1) is 6.61 Å². The van der Waals surface area contributed by atoms with Crippen molar-refractivity contribution in [3.63, 3.8) is 0 Å². The Kier molecular flexibility index (Phi) is 6.64. The summed E-state index contributed by atoms with van der Waals surface area (Å²) in [6.07, 6.45) is -5.75. The molecule has 0 radical (unpaired) electrons. The Morgan fingerprint density at radius 1 is 1.18 bits per heavy atom. The van der Waals surface area contributed by atoms with Gasteiger partial charge in [0, 0.05) is 0 Å². The number of aliphatic hydroxyl groups excluding tert-OH is 1. The molecule has 9 heteroatoms. The first-order chi connectivity index (χ1) is 10.3. The van der Waals surface area contributed by atoms with Crippen LogP contribution in [0.4, 0.5) is 18.0 Å². The molecule has 1 aromatic carbocycles. The summed E-state index contributed by atoms with van der Waals surface area (Å²) in [6.45, 7) is -2.82. The molecule has 0 aliphatic rings. The largest absolute Gasteiger partial charge is 0.454 e. The van der Waals surface area contributed by atoms with Crippen molar-refractivity contribution in [2.45, 2.75) is 18.8 Å². The van der Waals surface area contributed by atoms with Crippen LogP contribution in [0.2, 0.25) is 0 Å². The number of esters is 1. The molecule has 0 spiro atoms. The second kappa shape index (κ2) is 8.23. The lowest BCUT2D eigenvalue weighted by atomic mass is 10.2. The highest BCUT2D eigenvalue weighted by Gasteiger charge is 2.32. The normalized spacial score (nSPS) is 12.4. The summed E-state index contributed by atoms with van der Waals surface area (Å²) in [5.74, 6) is -1.41. The molecule has 0 heterocycles.